The van der Waals surface area contributed by atoms with Gasteiger partial charge in [0.25, 0.3) is 5.91 Å². The van der Waals surface area contributed by atoms with Crippen LogP contribution in [0.1, 0.15) is 21.5 Å². The third-order valence-corrected chi connectivity index (χ3v) is 5.87. The minimum Gasteiger partial charge on any atom is -0.497 e. The normalized spacial score (nSPS) is 16.3. The van der Waals surface area contributed by atoms with Crippen molar-refractivity contribution >= 4 is 11.8 Å². The first kappa shape index (κ1) is 23.4. The van der Waals surface area contributed by atoms with Crippen LogP contribution in [0, 0.1) is 0 Å². The fraction of sp³-hybridized carbons (Fsp3) is 0.296. The van der Waals surface area contributed by atoms with E-state index in [-0.39, 0.29) is 24.5 Å². The maximum Gasteiger partial charge on any atom is 0.254 e. The molecule has 1 saturated heterocycles. The Balaban J connectivity index is 1.49. The average molecular weight is 460 g/mol. The molecule has 1 aromatic heterocycles. The first-order valence-electron chi connectivity index (χ1n) is 11.4. The molecule has 0 radical (unpaired) electrons. The largest absolute Gasteiger partial charge is 0.497 e. The van der Waals surface area contributed by atoms with E-state index in [0.717, 1.165) is 23.3 Å². The van der Waals surface area contributed by atoms with Gasteiger partial charge in [0.15, 0.2) is 0 Å². The van der Waals surface area contributed by atoms with Gasteiger partial charge in [-0.25, -0.2) is 0 Å². The highest BCUT2D eigenvalue weighted by Gasteiger charge is 2.31. The van der Waals surface area contributed by atoms with E-state index in [1.165, 1.54) is 0 Å². The molecule has 0 aliphatic carbocycles. The van der Waals surface area contributed by atoms with Crippen molar-refractivity contribution in [3.05, 3.63) is 95.8 Å². The van der Waals surface area contributed by atoms with Crippen LogP contribution in [0.5, 0.6) is 5.75 Å². The SMILES string of the molecule is COc1cccc(COC2CN(CCc3ccccc3)C(=O)CN(C(=O)c3ccncc3)C2)c1. The summed E-state index contributed by atoms with van der Waals surface area (Å²) in [7, 11) is 1.63. The summed E-state index contributed by atoms with van der Waals surface area (Å²) >= 11 is 0. The zero-order chi connectivity index (χ0) is 23.8. The molecule has 2 heterocycles. The molecule has 1 atom stereocenters. The summed E-state index contributed by atoms with van der Waals surface area (Å²) in [4.78, 5) is 33.6. The number of carbonyl (C=O) groups excluding carboxylic acids is 2. The van der Waals surface area contributed by atoms with Crippen LogP contribution < -0.4 is 4.74 Å². The number of hydrogen-bond donors (Lipinski definition) is 0. The Kier molecular flexibility index (Phi) is 7.88. The first-order chi connectivity index (χ1) is 16.6. The maximum absolute atomic E-state index is 13.1. The summed E-state index contributed by atoms with van der Waals surface area (Å²) in [6, 6.07) is 21.1. The molecule has 0 spiro atoms. The third-order valence-electron chi connectivity index (χ3n) is 5.87. The van der Waals surface area contributed by atoms with Crippen LogP contribution in [0.2, 0.25) is 0 Å². The molecule has 34 heavy (non-hydrogen) atoms. The second kappa shape index (κ2) is 11.4. The third kappa shape index (κ3) is 6.20. The molecule has 1 aliphatic heterocycles. The first-order valence-corrected chi connectivity index (χ1v) is 11.4. The van der Waals surface area contributed by atoms with Crippen LogP contribution in [-0.2, 0) is 22.6 Å². The standard InChI is InChI=1S/C27H29N3O4/c1-33-24-9-5-8-22(16-24)20-34-25-17-29(15-12-21-6-3-2-4-7-21)26(31)19-30(18-25)27(32)23-10-13-28-14-11-23/h2-11,13-14,16,25H,12,15,17-20H2,1H3. The van der Waals surface area contributed by atoms with Gasteiger partial charge in [-0.2, -0.15) is 0 Å². The smallest absolute Gasteiger partial charge is 0.254 e. The fourth-order valence-corrected chi connectivity index (χ4v) is 4.02. The summed E-state index contributed by atoms with van der Waals surface area (Å²) < 4.78 is 11.5. The van der Waals surface area contributed by atoms with Gasteiger partial charge in [-0.3, -0.25) is 14.6 Å². The summed E-state index contributed by atoms with van der Waals surface area (Å²) in [5, 5.41) is 0. The number of benzene rings is 2. The Labute approximate surface area is 199 Å². The molecule has 3 aromatic rings. The van der Waals surface area contributed by atoms with E-state index in [4.69, 9.17) is 9.47 Å². The Bertz CT molecular complexity index is 1090. The number of methoxy groups -OCH3 is 1. The predicted molar refractivity (Wildman–Crippen MR) is 128 cm³/mol. The van der Waals surface area contributed by atoms with Gasteiger partial charge >= 0.3 is 0 Å². The lowest BCUT2D eigenvalue weighted by Crippen LogP contribution is -2.40. The van der Waals surface area contributed by atoms with Crippen molar-refractivity contribution in [1.82, 2.24) is 14.8 Å². The van der Waals surface area contributed by atoms with Crippen molar-refractivity contribution in [2.24, 2.45) is 0 Å². The minimum absolute atomic E-state index is 0.0228. The molecular formula is C27H29N3O4. The van der Waals surface area contributed by atoms with Crippen LogP contribution in [0.25, 0.3) is 0 Å². The molecular weight excluding hydrogens is 430 g/mol. The van der Waals surface area contributed by atoms with Crippen molar-refractivity contribution < 1.29 is 19.1 Å². The quantitative estimate of drug-likeness (QED) is 0.517. The molecule has 1 fully saturated rings. The van der Waals surface area contributed by atoms with E-state index in [9.17, 15) is 9.59 Å². The molecule has 0 N–H and O–H groups in total. The van der Waals surface area contributed by atoms with E-state index in [1.807, 2.05) is 47.4 Å². The van der Waals surface area contributed by atoms with E-state index in [2.05, 4.69) is 17.1 Å². The van der Waals surface area contributed by atoms with E-state index in [0.29, 0.717) is 31.8 Å². The highest BCUT2D eigenvalue weighted by Crippen LogP contribution is 2.17. The van der Waals surface area contributed by atoms with Crippen LogP contribution in [0.4, 0.5) is 0 Å². The van der Waals surface area contributed by atoms with Gasteiger partial charge in [0, 0.05) is 37.6 Å². The second-order valence-corrected chi connectivity index (χ2v) is 8.28. The lowest BCUT2D eigenvalue weighted by Gasteiger charge is -2.25. The second-order valence-electron chi connectivity index (χ2n) is 8.28. The van der Waals surface area contributed by atoms with Crippen molar-refractivity contribution in [3.8, 4) is 5.75 Å². The van der Waals surface area contributed by atoms with E-state index in [1.54, 1.807) is 36.5 Å². The molecule has 7 nitrogen and oxygen atoms in total. The molecule has 176 valence electrons. The Hall–Kier alpha value is -3.71. The fourth-order valence-electron chi connectivity index (χ4n) is 4.02. The number of amides is 2. The van der Waals surface area contributed by atoms with E-state index < -0.39 is 0 Å². The van der Waals surface area contributed by atoms with Crippen molar-refractivity contribution in [1.29, 1.82) is 0 Å². The molecule has 1 aliphatic rings. The van der Waals surface area contributed by atoms with Gasteiger partial charge in [0.1, 0.15) is 12.3 Å². The molecule has 1 unspecified atom stereocenters. The molecule has 2 amide bonds. The molecule has 2 aromatic carbocycles. The molecule has 0 saturated carbocycles. The zero-order valence-corrected chi connectivity index (χ0v) is 19.3. The highest BCUT2D eigenvalue weighted by molar-refractivity contribution is 5.96. The van der Waals surface area contributed by atoms with Gasteiger partial charge < -0.3 is 19.3 Å². The highest BCUT2D eigenvalue weighted by atomic mass is 16.5. The van der Waals surface area contributed by atoms with Gasteiger partial charge in [0.05, 0.1) is 19.8 Å². The maximum atomic E-state index is 13.1. The number of hydrogen-bond acceptors (Lipinski definition) is 5. The van der Waals surface area contributed by atoms with Gasteiger partial charge in [0.2, 0.25) is 5.91 Å². The van der Waals surface area contributed by atoms with Crippen LogP contribution in [-0.4, -0.2) is 66.0 Å². The zero-order valence-electron chi connectivity index (χ0n) is 19.3. The van der Waals surface area contributed by atoms with E-state index >= 15 is 0 Å². The monoisotopic (exact) mass is 459 g/mol. The lowest BCUT2D eigenvalue weighted by molar-refractivity contribution is -0.131. The number of carbonyl (C=O) groups is 2. The summed E-state index contributed by atoms with van der Waals surface area (Å²) in [6.07, 6.45) is 3.58. The van der Waals surface area contributed by atoms with Crippen LogP contribution >= 0.6 is 0 Å². The van der Waals surface area contributed by atoms with Gasteiger partial charge in [-0.1, -0.05) is 42.5 Å². The number of aromatic nitrogens is 1. The Morgan fingerprint density at radius 3 is 2.53 bits per heavy atom. The summed E-state index contributed by atoms with van der Waals surface area (Å²) in [6.45, 7) is 1.71. The Morgan fingerprint density at radius 1 is 1.00 bits per heavy atom. The lowest BCUT2D eigenvalue weighted by atomic mass is 10.1. The predicted octanol–water partition coefficient (Wildman–Crippen LogP) is 3.20. The number of ether oxygens (including phenoxy) is 2. The number of pyridine rings is 1. The summed E-state index contributed by atoms with van der Waals surface area (Å²) in [5.41, 5.74) is 2.64. The van der Waals surface area contributed by atoms with Gasteiger partial charge in [-0.15, -0.1) is 0 Å². The minimum atomic E-state index is -0.320. The molecule has 7 heteroatoms. The number of rotatable bonds is 8. The van der Waals surface area contributed by atoms with Crippen LogP contribution in [0.3, 0.4) is 0 Å². The number of nitrogens with zero attached hydrogens (tertiary/aromatic N) is 3. The van der Waals surface area contributed by atoms with Crippen LogP contribution in [0.15, 0.2) is 79.1 Å². The van der Waals surface area contributed by atoms with Crippen molar-refractivity contribution in [3.63, 3.8) is 0 Å². The Morgan fingerprint density at radius 2 is 1.76 bits per heavy atom. The molecule has 0 bridgehead atoms. The average Bonchev–Trinajstić information content (AvgIpc) is 3.05. The van der Waals surface area contributed by atoms with Crippen molar-refractivity contribution in [2.45, 2.75) is 19.1 Å². The molecule has 4 rings (SSSR count). The van der Waals surface area contributed by atoms with Crippen molar-refractivity contribution in [2.75, 3.05) is 33.3 Å². The summed E-state index contributed by atoms with van der Waals surface area (Å²) in [5.74, 6) is 0.484. The van der Waals surface area contributed by atoms with Gasteiger partial charge in [-0.05, 0) is 41.8 Å². The topological polar surface area (TPSA) is 72.0 Å².